The Morgan fingerprint density at radius 3 is 2.46 bits per heavy atom. The Labute approximate surface area is 143 Å². The zero-order chi connectivity index (χ0) is 17.5. The molecule has 1 N–H and O–H groups in total. The van der Waals surface area contributed by atoms with Crippen LogP contribution in [-0.2, 0) is 4.74 Å². The maximum Gasteiger partial charge on any atom is 0.410 e. The number of amides is 1. The molecule has 2 heterocycles. The second-order valence-electron chi connectivity index (χ2n) is 7.71. The van der Waals surface area contributed by atoms with Gasteiger partial charge in [0.25, 0.3) is 0 Å². The van der Waals surface area contributed by atoms with Crippen molar-refractivity contribution < 1.29 is 9.53 Å². The average molecular weight is 329 g/mol. The number of rotatable bonds is 1. The molecule has 0 unspecified atom stereocenters. The molecule has 24 heavy (non-hydrogen) atoms. The molecule has 1 amide bonds. The topological polar surface area (TPSA) is 48.6 Å². The molecule has 5 heteroatoms. The standard InChI is InChI=1S/C19H27N3O2/c1-13-11-21(17-8-6-7-16-15(17)9-10-20-16)12-14(2)22(13)18(23)24-19(3,4)5/h6-10,13-14,20H,11-12H2,1-5H3/t13-,14+. The van der Waals surface area contributed by atoms with Crippen molar-refractivity contribution in [3.8, 4) is 0 Å². The summed E-state index contributed by atoms with van der Waals surface area (Å²) in [5.74, 6) is 0. The van der Waals surface area contributed by atoms with Crippen LogP contribution in [0.4, 0.5) is 10.5 Å². The second kappa shape index (κ2) is 6.04. The molecule has 0 radical (unpaired) electrons. The van der Waals surface area contributed by atoms with Gasteiger partial charge in [0.05, 0.1) is 12.1 Å². The average Bonchev–Trinajstić information content (AvgIpc) is 2.92. The van der Waals surface area contributed by atoms with Gasteiger partial charge in [-0.25, -0.2) is 4.79 Å². The molecular formula is C19H27N3O2. The number of H-pyrrole nitrogens is 1. The van der Waals surface area contributed by atoms with Crippen molar-refractivity contribution in [1.29, 1.82) is 0 Å². The molecule has 0 aliphatic carbocycles. The largest absolute Gasteiger partial charge is 0.444 e. The van der Waals surface area contributed by atoms with E-state index in [1.807, 2.05) is 31.9 Å². The van der Waals surface area contributed by atoms with Crippen molar-refractivity contribution >= 4 is 22.7 Å². The molecule has 1 aliphatic heterocycles. The fraction of sp³-hybridized carbons (Fsp3) is 0.526. The number of aromatic nitrogens is 1. The fourth-order valence-corrected chi connectivity index (χ4v) is 3.54. The summed E-state index contributed by atoms with van der Waals surface area (Å²) in [6, 6.07) is 8.61. The maximum absolute atomic E-state index is 12.5. The number of hydrogen-bond acceptors (Lipinski definition) is 3. The number of hydrogen-bond donors (Lipinski definition) is 1. The number of anilines is 1. The Kier molecular flexibility index (Phi) is 4.20. The van der Waals surface area contributed by atoms with Crippen LogP contribution in [0.3, 0.4) is 0 Å². The minimum absolute atomic E-state index is 0.0952. The van der Waals surface area contributed by atoms with Crippen LogP contribution in [0.2, 0.25) is 0 Å². The van der Waals surface area contributed by atoms with Gasteiger partial charge in [-0.15, -0.1) is 0 Å². The van der Waals surface area contributed by atoms with Crippen molar-refractivity contribution in [3.05, 3.63) is 30.5 Å². The highest BCUT2D eigenvalue weighted by atomic mass is 16.6. The van der Waals surface area contributed by atoms with Gasteiger partial charge in [-0.2, -0.15) is 0 Å². The Balaban J connectivity index is 1.80. The maximum atomic E-state index is 12.5. The number of benzene rings is 1. The minimum atomic E-state index is -0.468. The van der Waals surface area contributed by atoms with Gasteiger partial charge >= 0.3 is 6.09 Å². The molecule has 1 saturated heterocycles. The number of aromatic amines is 1. The van der Waals surface area contributed by atoms with Gasteiger partial charge in [-0.3, -0.25) is 4.90 Å². The summed E-state index contributed by atoms with van der Waals surface area (Å²) >= 11 is 0. The first-order valence-electron chi connectivity index (χ1n) is 8.58. The molecule has 1 aliphatic rings. The van der Waals surface area contributed by atoms with Gasteiger partial charge in [0, 0.05) is 35.9 Å². The molecule has 0 bridgehead atoms. The molecule has 2 aromatic rings. The summed E-state index contributed by atoms with van der Waals surface area (Å²) in [7, 11) is 0. The van der Waals surface area contributed by atoms with Crippen LogP contribution in [0, 0.1) is 0 Å². The van der Waals surface area contributed by atoms with Crippen molar-refractivity contribution in [2.45, 2.75) is 52.3 Å². The molecule has 3 rings (SSSR count). The summed E-state index contributed by atoms with van der Waals surface area (Å²) in [5.41, 5.74) is 1.89. The third-order valence-electron chi connectivity index (χ3n) is 4.44. The highest BCUT2D eigenvalue weighted by Crippen LogP contribution is 2.30. The first kappa shape index (κ1) is 16.7. The highest BCUT2D eigenvalue weighted by molar-refractivity contribution is 5.92. The van der Waals surface area contributed by atoms with E-state index < -0.39 is 5.60 Å². The number of nitrogens with one attached hydrogen (secondary N) is 1. The Bertz CT molecular complexity index is 720. The van der Waals surface area contributed by atoms with Crippen molar-refractivity contribution in [2.24, 2.45) is 0 Å². The van der Waals surface area contributed by atoms with E-state index >= 15 is 0 Å². The number of carbonyl (C=O) groups is 1. The number of ether oxygens (including phenoxy) is 1. The van der Waals surface area contributed by atoms with E-state index in [0.29, 0.717) is 0 Å². The summed E-state index contributed by atoms with van der Waals surface area (Å²) < 4.78 is 5.58. The molecular weight excluding hydrogens is 302 g/mol. The minimum Gasteiger partial charge on any atom is -0.444 e. The first-order valence-corrected chi connectivity index (χ1v) is 8.58. The number of fused-ring (bicyclic) bond motifs is 1. The van der Waals surface area contributed by atoms with Crippen LogP contribution < -0.4 is 4.90 Å². The number of nitrogens with zero attached hydrogens (tertiary/aromatic N) is 2. The van der Waals surface area contributed by atoms with Gasteiger partial charge in [0.2, 0.25) is 0 Å². The summed E-state index contributed by atoms with van der Waals surface area (Å²) in [6.45, 7) is 11.5. The van der Waals surface area contributed by atoms with Crippen molar-refractivity contribution in [1.82, 2.24) is 9.88 Å². The zero-order valence-electron chi connectivity index (χ0n) is 15.2. The van der Waals surface area contributed by atoms with E-state index in [9.17, 15) is 4.79 Å². The van der Waals surface area contributed by atoms with Crippen LogP contribution in [0.1, 0.15) is 34.6 Å². The number of carbonyl (C=O) groups excluding carboxylic acids is 1. The summed E-state index contributed by atoms with van der Waals surface area (Å²) in [4.78, 5) is 20.0. The van der Waals surface area contributed by atoms with E-state index in [-0.39, 0.29) is 18.2 Å². The van der Waals surface area contributed by atoms with Crippen molar-refractivity contribution in [2.75, 3.05) is 18.0 Å². The lowest BCUT2D eigenvalue weighted by Gasteiger charge is -2.45. The van der Waals surface area contributed by atoms with Crippen LogP contribution in [-0.4, -0.2) is 46.8 Å². The van der Waals surface area contributed by atoms with Crippen molar-refractivity contribution in [3.63, 3.8) is 0 Å². The zero-order valence-corrected chi connectivity index (χ0v) is 15.2. The van der Waals surface area contributed by atoms with E-state index in [1.54, 1.807) is 0 Å². The first-order chi connectivity index (χ1) is 11.3. The van der Waals surface area contributed by atoms with Crippen LogP contribution >= 0.6 is 0 Å². The predicted molar refractivity (Wildman–Crippen MR) is 97.5 cm³/mol. The molecule has 1 aromatic carbocycles. The normalized spacial score (nSPS) is 22.0. The number of piperazine rings is 1. The molecule has 1 aromatic heterocycles. The van der Waals surface area contributed by atoms with Gasteiger partial charge in [0.1, 0.15) is 5.60 Å². The Hall–Kier alpha value is -2.17. The van der Waals surface area contributed by atoms with E-state index in [1.165, 1.54) is 11.1 Å². The Morgan fingerprint density at radius 2 is 1.83 bits per heavy atom. The monoisotopic (exact) mass is 329 g/mol. The van der Waals surface area contributed by atoms with Gasteiger partial charge < -0.3 is 14.6 Å². The lowest BCUT2D eigenvalue weighted by Crippen LogP contribution is -2.59. The van der Waals surface area contributed by atoms with Crippen LogP contribution in [0.25, 0.3) is 10.9 Å². The van der Waals surface area contributed by atoms with Gasteiger partial charge in [0.15, 0.2) is 0 Å². The smallest absolute Gasteiger partial charge is 0.410 e. The van der Waals surface area contributed by atoms with E-state index in [4.69, 9.17) is 4.74 Å². The summed E-state index contributed by atoms with van der Waals surface area (Å²) in [5, 5.41) is 1.22. The molecule has 1 fully saturated rings. The molecule has 130 valence electrons. The van der Waals surface area contributed by atoms with Gasteiger partial charge in [-0.1, -0.05) is 6.07 Å². The van der Waals surface area contributed by atoms with Gasteiger partial charge in [-0.05, 0) is 52.8 Å². The molecule has 0 saturated carbocycles. The Morgan fingerprint density at radius 1 is 1.17 bits per heavy atom. The quantitative estimate of drug-likeness (QED) is 0.860. The lowest BCUT2D eigenvalue weighted by atomic mass is 10.1. The summed E-state index contributed by atoms with van der Waals surface area (Å²) in [6.07, 6.45) is 1.75. The SMILES string of the molecule is C[C@@H]1CN(c2cccc3[nH]ccc23)C[C@H](C)N1C(=O)OC(C)(C)C. The predicted octanol–water partition coefficient (Wildman–Crippen LogP) is 4.00. The van der Waals surface area contributed by atoms with E-state index in [0.717, 1.165) is 18.6 Å². The lowest BCUT2D eigenvalue weighted by molar-refractivity contribution is 0.00568. The highest BCUT2D eigenvalue weighted by Gasteiger charge is 2.35. The van der Waals surface area contributed by atoms with Crippen LogP contribution in [0.5, 0.6) is 0 Å². The molecule has 0 spiro atoms. The van der Waals surface area contributed by atoms with E-state index in [2.05, 4.69) is 48.0 Å². The second-order valence-corrected chi connectivity index (χ2v) is 7.71. The molecule has 2 atom stereocenters. The fourth-order valence-electron chi connectivity index (χ4n) is 3.54. The third kappa shape index (κ3) is 3.21. The third-order valence-corrected chi connectivity index (χ3v) is 4.44. The van der Waals surface area contributed by atoms with Crippen LogP contribution in [0.15, 0.2) is 30.5 Å². The molecule has 5 nitrogen and oxygen atoms in total.